The number of alkyl halides is 3. The summed E-state index contributed by atoms with van der Waals surface area (Å²) in [5.74, 6) is -0.533. The van der Waals surface area contributed by atoms with Crippen molar-refractivity contribution in [2.45, 2.75) is 24.7 Å². The van der Waals surface area contributed by atoms with Gasteiger partial charge in [-0.05, 0) is 12.1 Å². The summed E-state index contributed by atoms with van der Waals surface area (Å²) in [4.78, 5) is 11.3. The van der Waals surface area contributed by atoms with Crippen LogP contribution in [0.5, 0.6) is 0 Å². The monoisotopic (exact) mass is 300 g/mol. The van der Waals surface area contributed by atoms with E-state index in [0.717, 1.165) is 10.9 Å². The highest BCUT2D eigenvalue weighted by molar-refractivity contribution is 5.97. The Hall–Kier alpha value is -2.45. The molecule has 6 nitrogen and oxygen atoms in total. The smallest absolute Gasteiger partial charge is 0.410 e. The van der Waals surface area contributed by atoms with E-state index in [-0.39, 0.29) is 17.8 Å². The van der Waals surface area contributed by atoms with Crippen LogP contribution in [0.1, 0.15) is 34.6 Å². The zero-order chi connectivity index (χ0) is 15.2. The molecule has 1 aliphatic rings. The van der Waals surface area contributed by atoms with E-state index in [1.807, 2.05) is 0 Å². The van der Waals surface area contributed by atoms with Crippen LogP contribution in [0, 0.1) is 0 Å². The van der Waals surface area contributed by atoms with Crippen molar-refractivity contribution in [1.29, 1.82) is 0 Å². The van der Waals surface area contributed by atoms with Crippen LogP contribution in [0.15, 0.2) is 29.0 Å². The van der Waals surface area contributed by atoms with E-state index < -0.39 is 24.2 Å². The maximum Gasteiger partial charge on any atom is 0.410 e. The lowest BCUT2D eigenvalue weighted by atomic mass is 10.0. The number of carbonyl (C=O) groups is 1. The summed E-state index contributed by atoms with van der Waals surface area (Å²) in [5, 5.41) is 6.48. The molecular weight excluding hydrogens is 289 g/mol. The van der Waals surface area contributed by atoms with Crippen molar-refractivity contribution < 1.29 is 22.4 Å². The Bertz CT molecular complexity index is 663. The number of rotatable bonds is 2. The zero-order valence-corrected chi connectivity index (χ0v) is 10.6. The van der Waals surface area contributed by atoms with Gasteiger partial charge < -0.3 is 15.5 Å². The second kappa shape index (κ2) is 4.54. The van der Waals surface area contributed by atoms with Gasteiger partial charge in [0, 0.05) is 6.42 Å². The van der Waals surface area contributed by atoms with E-state index >= 15 is 0 Å². The second-order valence-corrected chi connectivity index (χ2v) is 4.72. The van der Waals surface area contributed by atoms with Crippen LogP contribution in [0.2, 0.25) is 0 Å². The van der Waals surface area contributed by atoms with Crippen LogP contribution in [-0.2, 0) is 0 Å². The molecular formula is C12H11F3N4O2. The fourth-order valence-electron chi connectivity index (χ4n) is 2.42. The molecule has 0 spiro atoms. The summed E-state index contributed by atoms with van der Waals surface area (Å²) in [6, 6.07) is 0.590. The number of hydrogen-bond acceptors (Lipinski definition) is 4. The maximum atomic E-state index is 13.2. The van der Waals surface area contributed by atoms with Gasteiger partial charge in [-0.15, -0.1) is 0 Å². The molecule has 2 aromatic heterocycles. The third kappa shape index (κ3) is 2.24. The van der Waals surface area contributed by atoms with Crippen LogP contribution in [0.25, 0.3) is 0 Å². The number of nitrogens with zero attached hydrogens (tertiary/aromatic N) is 2. The highest BCUT2D eigenvalue weighted by Gasteiger charge is 2.47. The number of carbonyl (C=O) groups excluding carboxylic acids is 1. The Labute approximate surface area is 116 Å². The summed E-state index contributed by atoms with van der Waals surface area (Å²) in [6.07, 6.45) is -2.37. The quantitative estimate of drug-likeness (QED) is 0.890. The van der Waals surface area contributed by atoms with Crippen molar-refractivity contribution in [3.05, 3.63) is 35.9 Å². The van der Waals surface area contributed by atoms with Gasteiger partial charge in [0.15, 0.2) is 6.04 Å². The third-order valence-corrected chi connectivity index (χ3v) is 3.39. The molecule has 9 heteroatoms. The molecule has 3 heterocycles. The lowest BCUT2D eigenvalue weighted by Gasteiger charge is -2.32. The van der Waals surface area contributed by atoms with Crippen molar-refractivity contribution in [2.24, 2.45) is 5.73 Å². The van der Waals surface area contributed by atoms with Gasteiger partial charge in [0.2, 0.25) is 0 Å². The van der Waals surface area contributed by atoms with E-state index in [4.69, 9.17) is 10.2 Å². The molecule has 1 aliphatic heterocycles. The molecule has 0 fully saturated rings. The number of nitrogens with one attached hydrogen (secondary N) is 1. The van der Waals surface area contributed by atoms with Gasteiger partial charge in [-0.25, -0.2) is 4.68 Å². The minimum absolute atomic E-state index is 0.0440. The van der Waals surface area contributed by atoms with Gasteiger partial charge in [-0.1, -0.05) is 0 Å². The van der Waals surface area contributed by atoms with E-state index in [2.05, 4.69) is 10.4 Å². The summed E-state index contributed by atoms with van der Waals surface area (Å²) < 4.78 is 45.5. The molecule has 2 atom stereocenters. The predicted molar refractivity (Wildman–Crippen MR) is 65.5 cm³/mol. The topological polar surface area (TPSA) is 86.1 Å². The Kier molecular flexibility index (Phi) is 2.92. The average molecular weight is 300 g/mol. The van der Waals surface area contributed by atoms with E-state index in [0.29, 0.717) is 5.76 Å². The first-order valence-electron chi connectivity index (χ1n) is 6.12. The van der Waals surface area contributed by atoms with E-state index in [1.54, 1.807) is 12.1 Å². The van der Waals surface area contributed by atoms with Gasteiger partial charge in [-0.2, -0.15) is 18.3 Å². The maximum absolute atomic E-state index is 13.2. The van der Waals surface area contributed by atoms with Gasteiger partial charge in [-0.3, -0.25) is 4.79 Å². The van der Waals surface area contributed by atoms with Gasteiger partial charge in [0.1, 0.15) is 17.1 Å². The molecule has 112 valence electrons. The van der Waals surface area contributed by atoms with Gasteiger partial charge in [0.05, 0.1) is 18.5 Å². The summed E-state index contributed by atoms with van der Waals surface area (Å²) in [6.45, 7) is 0. The van der Waals surface area contributed by atoms with Crippen LogP contribution in [0.3, 0.4) is 0 Å². The number of fused-ring (bicyclic) bond motifs is 1. The highest BCUT2D eigenvalue weighted by atomic mass is 19.4. The molecule has 0 radical (unpaired) electrons. The van der Waals surface area contributed by atoms with Crippen molar-refractivity contribution in [3.8, 4) is 0 Å². The molecule has 0 aromatic carbocycles. The molecule has 2 aromatic rings. The average Bonchev–Trinajstić information content (AvgIpc) is 3.05. The number of amides is 1. The van der Waals surface area contributed by atoms with Crippen LogP contribution >= 0.6 is 0 Å². The number of nitrogens with two attached hydrogens (primary N) is 1. The number of halogens is 3. The predicted octanol–water partition coefficient (Wildman–Crippen LogP) is 2.24. The lowest BCUT2D eigenvalue weighted by molar-refractivity contribution is -0.174. The number of furan rings is 1. The fraction of sp³-hybridized carbons (Fsp3) is 0.333. The number of anilines is 1. The molecule has 3 rings (SSSR count). The standard InChI is InChI=1S/C12H11F3N4O2/c13-12(14,15)9-4-7(8-2-1-3-21-8)18-11-6(10(16)20)5-17-19(9)11/h1-3,5,7,9,18H,4H2,(H2,16,20)/t7-,9-/m1/s1. The van der Waals surface area contributed by atoms with Crippen molar-refractivity contribution in [1.82, 2.24) is 9.78 Å². The second-order valence-electron chi connectivity index (χ2n) is 4.72. The molecule has 0 unspecified atom stereocenters. The normalized spacial score (nSPS) is 21.7. The summed E-state index contributed by atoms with van der Waals surface area (Å²) >= 11 is 0. The van der Waals surface area contributed by atoms with Crippen LogP contribution in [0.4, 0.5) is 19.0 Å². The Morgan fingerprint density at radius 3 is 2.86 bits per heavy atom. The first kappa shape index (κ1) is 13.5. The lowest BCUT2D eigenvalue weighted by Crippen LogP contribution is -2.36. The molecule has 0 aliphatic carbocycles. The van der Waals surface area contributed by atoms with E-state index in [1.165, 1.54) is 6.26 Å². The molecule has 1 amide bonds. The third-order valence-electron chi connectivity index (χ3n) is 3.39. The van der Waals surface area contributed by atoms with Crippen molar-refractivity contribution >= 4 is 11.7 Å². The first-order chi connectivity index (χ1) is 9.88. The SMILES string of the molecule is NC(=O)c1cnn2c1N[C@@H](c1ccco1)C[C@@H]2C(F)(F)F. The van der Waals surface area contributed by atoms with Gasteiger partial charge in [0.25, 0.3) is 5.91 Å². The van der Waals surface area contributed by atoms with E-state index in [9.17, 15) is 18.0 Å². The molecule has 0 saturated heterocycles. The minimum Gasteiger partial charge on any atom is -0.467 e. The number of hydrogen-bond donors (Lipinski definition) is 2. The molecule has 21 heavy (non-hydrogen) atoms. The molecule has 0 bridgehead atoms. The van der Waals surface area contributed by atoms with Gasteiger partial charge >= 0.3 is 6.18 Å². The largest absolute Gasteiger partial charge is 0.467 e. The number of aromatic nitrogens is 2. The first-order valence-corrected chi connectivity index (χ1v) is 6.12. The van der Waals surface area contributed by atoms with Crippen LogP contribution < -0.4 is 11.1 Å². The highest BCUT2D eigenvalue weighted by Crippen LogP contribution is 2.44. The zero-order valence-electron chi connectivity index (χ0n) is 10.6. The summed E-state index contributed by atoms with van der Waals surface area (Å²) in [7, 11) is 0. The fourth-order valence-corrected chi connectivity index (χ4v) is 2.42. The number of primary amides is 1. The Balaban J connectivity index is 2.07. The van der Waals surface area contributed by atoms with Crippen LogP contribution in [-0.4, -0.2) is 21.9 Å². The van der Waals surface area contributed by atoms with Crippen molar-refractivity contribution in [2.75, 3.05) is 5.32 Å². The Morgan fingerprint density at radius 1 is 1.52 bits per heavy atom. The summed E-state index contributed by atoms with van der Waals surface area (Å²) in [5.41, 5.74) is 5.08. The molecule has 0 saturated carbocycles. The van der Waals surface area contributed by atoms with Crippen molar-refractivity contribution in [3.63, 3.8) is 0 Å². The Morgan fingerprint density at radius 2 is 2.29 bits per heavy atom. The minimum atomic E-state index is -4.50. The molecule has 3 N–H and O–H groups in total.